The third-order valence-corrected chi connectivity index (χ3v) is 2.82. The molecule has 0 N–H and O–H groups in total. The minimum atomic E-state index is -0.598. The van der Waals surface area contributed by atoms with E-state index in [9.17, 15) is 15.4 Å². The second kappa shape index (κ2) is 5.46. The molecule has 0 saturated carbocycles. The minimum Gasteiger partial charge on any atom is -0.258 e. The van der Waals surface area contributed by atoms with Gasteiger partial charge in [-0.3, -0.25) is 15.1 Å². The monoisotopic (exact) mass is 273 g/mol. The van der Waals surface area contributed by atoms with E-state index in [0.717, 1.165) is 6.20 Å². The molecule has 0 aliphatic rings. The maximum atomic E-state index is 10.5. The summed E-state index contributed by atoms with van der Waals surface area (Å²) < 4.78 is 0. The third kappa shape index (κ3) is 2.87. The van der Waals surface area contributed by atoms with Crippen molar-refractivity contribution in [3.63, 3.8) is 0 Å². The molecule has 2 aromatic rings. The van der Waals surface area contributed by atoms with Crippen molar-refractivity contribution in [1.82, 2.24) is 4.98 Å². The summed E-state index contributed by atoms with van der Waals surface area (Å²) in [5, 5.41) is 20.3. The average Bonchev–Trinajstić information content (AvgIpc) is 2.40. The van der Waals surface area contributed by atoms with Gasteiger partial charge in [-0.05, 0) is 23.8 Å². The van der Waals surface area contributed by atoms with Crippen LogP contribution in [0.15, 0.2) is 42.6 Å². The Bertz CT molecular complexity index is 650. The Balaban J connectivity index is 2.38. The molecule has 0 amide bonds. The minimum absolute atomic E-state index is 0.105. The van der Waals surface area contributed by atoms with Crippen LogP contribution < -0.4 is 0 Å². The molecule has 1 unspecified atom stereocenters. The van der Waals surface area contributed by atoms with Crippen molar-refractivity contribution >= 4 is 17.3 Å². The van der Waals surface area contributed by atoms with Gasteiger partial charge < -0.3 is 0 Å². The molecule has 0 aliphatic carbocycles. The summed E-state index contributed by atoms with van der Waals surface area (Å²) in [7, 11) is 0. The number of rotatable bonds is 3. The SMILES string of the molecule is N#CC(c1cccc(Cl)c1)c1ccc([N+](=O)[O-])cn1. The van der Waals surface area contributed by atoms with Crippen molar-refractivity contribution < 1.29 is 4.92 Å². The van der Waals surface area contributed by atoms with Gasteiger partial charge in [0.2, 0.25) is 0 Å². The van der Waals surface area contributed by atoms with Gasteiger partial charge in [0.15, 0.2) is 0 Å². The Hall–Kier alpha value is -2.45. The number of pyridine rings is 1. The topological polar surface area (TPSA) is 79.8 Å². The van der Waals surface area contributed by atoms with Crippen LogP contribution in [0.25, 0.3) is 0 Å². The lowest BCUT2D eigenvalue weighted by molar-refractivity contribution is -0.385. The fourth-order valence-electron chi connectivity index (χ4n) is 1.67. The molecule has 0 spiro atoms. The first-order valence-corrected chi connectivity index (χ1v) is 5.75. The van der Waals surface area contributed by atoms with Gasteiger partial charge in [-0.2, -0.15) is 5.26 Å². The molecule has 6 heteroatoms. The Morgan fingerprint density at radius 3 is 2.68 bits per heavy atom. The van der Waals surface area contributed by atoms with Crippen LogP contribution in [-0.2, 0) is 0 Å². The van der Waals surface area contributed by atoms with E-state index in [0.29, 0.717) is 16.3 Å². The number of benzene rings is 1. The molecule has 0 saturated heterocycles. The van der Waals surface area contributed by atoms with Crippen molar-refractivity contribution in [2.75, 3.05) is 0 Å². The summed E-state index contributed by atoms with van der Waals surface area (Å²) in [6, 6.07) is 11.8. The highest BCUT2D eigenvalue weighted by atomic mass is 35.5. The number of nitro groups is 1. The lowest BCUT2D eigenvalue weighted by Crippen LogP contribution is -2.01. The summed E-state index contributed by atoms with van der Waals surface area (Å²) in [4.78, 5) is 14.0. The molecule has 0 bridgehead atoms. The van der Waals surface area contributed by atoms with E-state index < -0.39 is 10.8 Å². The van der Waals surface area contributed by atoms with E-state index in [1.165, 1.54) is 12.1 Å². The molecule has 1 atom stereocenters. The van der Waals surface area contributed by atoms with Crippen molar-refractivity contribution in [2.45, 2.75) is 5.92 Å². The lowest BCUT2D eigenvalue weighted by Gasteiger charge is -2.08. The van der Waals surface area contributed by atoms with Crippen molar-refractivity contribution in [3.05, 3.63) is 69.0 Å². The summed E-state index contributed by atoms with van der Waals surface area (Å²) >= 11 is 5.88. The lowest BCUT2D eigenvalue weighted by atomic mass is 9.97. The molecule has 19 heavy (non-hydrogen) atoms. The second-order valence-electron chi connectivity index (χ2n) is 3.82. The van der Waals surface area contributed by atoms with Crippen LogP contribution in [0.3, 0.4) is 0 Å². The summed E-state index contributed by atoms with van der Waals surface area (Å²) in [6.45, 7) is 0. The van der Waals surface area contributed by atoms with E-state index in [4.69, 9.17) is 11.6 Å². The van der Waals surface area contributed by atoms with Crippen LogP contribution in [0.5, 0.6) is 0 Å². The average molecular weight is 274 g/mol. The summed E-state index contributed by atoms with van der Waals surface area (Å²) in [5.41, 5.74) is 1.05. The summed E-state index contributed by atoms with van der Waals surface area (Å²) in [5.74, 6) is -0.598. The van der Waals surface area contributed by atoms with E-state index >= 15 is 0 Å². The molecule has 1 aromatic heterocycles. The zero-order chi connectivity index (χ0) is 13.8. The number of halogens is 1. The fraction of sp³-hybridized carbons (Fsp3) is 0.0769. The largest absolute Gasteiger partial charge is 0.287 e. The highest BCUT2D eigenvalue weighted by Crippen LogP contribution is 2.25. The Morgan fingerprint density at radius 2 is 2.16 bits per heavy atom. The quantitative estimate of drug-likeness (QED) is 0.635. The van der Waals surface area contributed by atoms with Gasteiger partial charge >= 0.3 is 0 Å². The Labute approximate surface area is 114 Å². The van der Waals surface area contributed by atoms with E-state index in [1.807, 2.05) is 0 Å². The van der Waals surface area contributed by atoms with Crippen molar-refractivity contribution in [2.24, 2.45) is 0 Å². The zero-order valence-corrected chi connectivity index (χ0v) is 10.4. The fourth-order valence-corrected chi connectivity index (χ4v) is 1.87. The first-order valence-electron chi connectivity index (χ1n) is 5.37. The number of nitrogens with zero attached hydrogens (tertiary/aromatic N) is 3. The Kier molecular flexibility index (Phi) is 3.74. The summed E-state index contributed by atoms with van der Waals surface area (Å²) in [6.07, 6.45) is 1.14. The molecule has 1 aromatic carbocycles. The van der Waals surface area contributed by atoms with Crippen LogP contribution in [0, 0.1) is 21.4 Å². The number of hydrogen-bond donors (Lipinski definition) is 0. The van der Waals surface area contributed by atoms with E-state index in [1.54, 1.807) is 24.3 Å². The van der Waals surface area contributed by atoms with Crippen LogP contribution in [0.4, 0.5) is 5.69 Å². The molecule has 94 valence electrons. The predicted octanol–water partition coefficient (Wildman–Crippen LogP) is 3.30. The van der Waals surface area contributed by atoms with Crippen molar-refractivity contribution in [3.8, 4) is 6.07 Å². The highest BCUT2D eigenvalue weighted by molar-refractivity contribution is 6.30. The van der Waals surface area contributed by atoms with E-state index in [-0.39, 0.29) is 5.69 Å². The van der Waals surface area contributed by atoms with Crippen LogP contribution in [0.2, 0.25) is 5.02 Å². The van der Waals surface area contributed by atoms with Gasteiger partial charge in [0.25, 0.3) is 5.69 Å². The number of nitriles is 1. The maximum Gasteiger partial charge on any atom is 0.287 e. The van der Waals surface area contributed by atoms with Gasteiger partial charge in [-0.1, -0.05) is 23.7 Å². The van der Waals surface area contributed by atoms with Gasteiger partial charge in [0, 0.05) is 11.1 Å². The van der Waals surface area contributed by atoms with Gasteiger partial charge in [0.05, 0.1) is 16.7 Å². The van der Waals surface area contributed by atoms with Gasteiger partial charge in [-0.25, -0.2) is 0 Å². The highest BCUT2D eigenvalue weighted by Gasteiger charge is 2.16. The molecular weight excluding hydrogens is 266 g/mol. The van der Waals surface area contributed by atoms with E-state index in [2.05, 4.69) is 11.1 Å². The molecule has 1 heterocycles. The normalized spacial score (nSPS) is 11.6. The predicted molar refractivity (Wildman–Crippen MR) is 69.8 cm³/mol. The third-order valence-electron chi connectivity index (χ3n) is 2.59. The molecule has 0 fully saturated rings. The molecular formula is C13H8ClN3O2. The smallest absolute Gasteiger partial charge is 0.258 e. The first-order chi connectivity index (χ1) is 9.11. The second-order valence-corrected chi connectivity index (χ2v) is 4.25. The van der Waals surface area contributed by atoms with Crippen LogP contribution in [-0.4, -0.2) is 9.91 Å². The Morgan fingerprint density at radius 1 is 1.37 bits per heavy atom. The molecule has 2 rings (SSSR count). The standard InChI is InChI=1S/C13H8ClN3O2/c14-10-3-1-2-9(6-10)12(7-15)13-5-4-11(8-16-13)17(18)19/h1-6,8,12H. The van der Waals surface area contributed by atoms with Gasteiger partial charge in [0.1, 0.15) is 12.1 Å². The molecule has 5 nitrogen and oxygen atoms in total. The van der Waals surface area contributed by atoms with Gasteiger partial charge in [-0.15, -0.1) is 0 Å². The maximum absolute atomic E-state index is 10.5. The zero-order valence-electron chi connectivity index (χ0n) is 9.65. The van der Waals surface area contributed by atoms with Crippen molar-refractivity contribution in [1.29, 1.82) is 5.26 Å². The molecule has 0 aliphatic heterocycles. The molecule has 0 radical (unpaired) electrons. The van der Waals surface area contributed by atoms with Crippen LogP contribution >= 0.6 is 11.6 Å². The number of hydrogen-bond acceptors (Lipinski definition) is 4. The first kappa shape index (κ1) is 13.0. The van der Waals surface area contributed by atoms with Crippen LogP contribution in [0.1, 0.15) is 17.2 Å². The number of aromatic nitrogens is 1.